The quantitative estimate of drug-likeness (QED) is 0.774. The Kier molecular flexibility index (Phi) is 5.53. The third kappa shape index (κ3) is 2.94. The van der Waals surface area contributed by atoms with Gasteiger partial charge in [0.15, 0.2) is 11.5 Å². The van der Waals surface area contributed by atoms with E-state index in [9.17, 15) is 0 Å². The van der Waals surface area contributed by atoms with Gasteiger partial charge in [0.1, 0.15) is 0 Å². The van der Waals surface area contributed by atoms with Gasteiger partial charge in [-0.25, -0.2) is 0 Å². The van der Waals surface area contributed by atoms with Crippen molar-refractivity contribution in [3.63, 3.8) is 0 Å². The number of benzene rings is 1. The van der Waals surface area contributed by atoms with Gasteiger partial charge in [0.2, 0.25) is 5.75 Å². The second-order valence-corrected chi connectivity index (χ2v) is 4.02. The van der Waals surface area contributed by atoms with Crippen LogP contribution in [-0.4, -0.2) is 21.3 Å². The zero-order valence-electron chi connectivity index (χ0n) is 11.4. The average molecular weight is 282 g/mol. The summed E-state index contributed by atoms with van der Waals surface area (Å²) in [5.41, 5.74) is 1.10. The molecule has 0 atom stereocenters. The van der Waals surface area contributed by atoms with Gasteiger partial charge >= 0.3 is 0 Å². The van der Waals surface area contributed by atoms with Crippen molar-refractivity contribution in [2.24, 2.45) is 0 Å². The van der Waals surface area contributed by atoms with Gasteiger partial charge in [-0.3, -0.25) is 0 Å². The lowest BCUT2D eigenvalue weighted by Gasteiger charge is -2.15. The Bertz CT molecular complexity index is 532. The van der Waals surface area contributed by atoms with Gasteiger partial charge in [0, 0.05) is 11.1 Å². The molecule has 1 rings (SSSR count). The highest BCUT2D eigenvalue weighted by atomic mass is 35.5. The minimum Gasteiger partial charge on any atom is -0.493 e. The van der Waals surface area contributed by atoms with Crippen LogP contribution in [0.25, 0.3) is 5.03 Å². The molecule has 1 aromatic rings. The molecule has 0 fully saturated rings. The van der Waals surface area contributed by atoms with Gasteiger partial charge in [-0.1, -0.05) is 18.5 Å². The van der Waals surface area contributed by atoms with Gasteiger partial charge in [0.25, 0.3) is 0 Å². The summed E-state index contributed by atoms with van der Waals surface area (Å²) >= 11 is 6.26. The molecule has 0 bridgehead atoms. The van der Waals surface area contributed by atoms with Crippen molar-refractivity contribution in [2.45, 2.75) is 13.3 Å². The number of hydrogen-bond donors (Lipinski definition) is 0. The summed E-state index contributed by atoms with van der Waals surface area (Å²) in [6.07, 6.45) is 0.548. The van der Waals surface area contributed by atoms with Crippen LogP contribution >= 0.6 is 11.6 Å². The highest BCUT2D eigenvalue weighted by molar-refractivity contribution is 6.50. The van der Waals surface area contributed by atoms with Crippen LogP contribution < -0.4 is 14.2 Å². The largest absolute Gasteiger partial charge is 0.493 e. The van der Waals surface area contributed by atoms with Gasteiger partial charge in [0.05, 0.1) is 32.4 Å². The Labute approximate surface area is 118 Å². The first-order valence-corrected chi connectivity index (χ1v) is 6.10. The molecule has 0 unspecified atom stereocenters. The molecular formula is C14H16ClNO3. The molecule has 0 aliphatic carbocycles. The van der Waals surface area contributed by atoms with Gasteiger partial charge in [-0.2, -0.15) is 5.26 Å². The van der Waals surface area contributed by atoms with Crippen molar-refractivity contribution < 1.29 is 14.2 Å². The van der Waals surface area contributed by atoms with E-state index in [-0.39, 0.29) is 0 Å². The van der Waals surface area contributed by atoms with E-state index in [0.29, 0.717) is 39.8 Å². The fraction of sp³-hybridized carbons (Fsp3) is 0.357. The van der Waals surface area contributed by atoms with Crippen LogP contribution in [0, 0.1) is 11.3 Å². The van der Waals surface area contributed by atoms with Crippen LogP contribution in [0.3, 0.4) is 0 Å². The summed E-state index contributed by atoms with van der Waals surface area (Å²) in [5.74, 6) is 1.45. The first kappa shape index (κ1) is 15.2. The van der Waals surface area contributed by atoms with Crippen molar-refractivity contribution in [3.05, 3.63) is 23.3 Å². The predicted octanol–water partition coefficient (Wildman–Crippen LogP) is 3.60. The fourth-order valence-corrected chi connectivity index (χ4v) is 2.04. The summed E-state index contributed by atoms with van der Waals surface area (Å²) in [4.78, 5) is 0. The molecule has 0 aliphatic rings. The van der Waals surface area contributed by atoms with Crippen LogP contribution in [-0.2, 0) is 0 Å². The van der Waals surface area contributed by atoms with Crippen molar-refractivity contribution in [2.75, 3.05) is 21.3 Å². The SMILES string of the molecule is CCC(C#N)=C(Cl)c1ccc(OC)c(OC)c1OC. The molecule has 5 heteroatoms. The van der Waals surface area contributed by atoms with E-state index < -0.39 is 0 Å². The molecule has 19 heavy (non-hydrogen) atoms. The highest BCUT2D eigenvalue weighted by Gasteiger charge is 2.19. The van der Waals surface area contributed by atoms with Gasteiger partial charge in [-0.05, 0) is 18.6 Å². The van der Waals surface area contributed by atoms with E-state index in [1.807, 2.05) is 6.92 Å². The smallest absolute Gasteiger partial charge is 0.203 e. The van der Waals surface area contributed by atoms with Gasteiger partial charge < -0.3 is 14.2 Å². The van der Waals surface area contributed by atoms with Crippen molar-refractivity contribution in [3.8, 4) is 23.3 Å². The standard InChI is InChI=1S/C14H16ClNO3/c1-5-9(8-16)12(15)10-6-7-11(17-2)14(19-4)13(10)18-3/h6-7H,5H2,1-4H3. The summed E-state index contributed by atoms with van der Waals surface area (Å²) in [6, 6.07) is 5.56. The fourth-order valence-electron chi connectivity index (χ4n) is 1.72. The first-order chi connectivity index (χ1) is 9.14. The molecule has 0 amide bonds. The van der Waals surface area contributed by atoms with Gasteiger partial charge in [-0.15, -0.1) is 0 Å². The summed E-state index contributed by atoms with van der Waals surface area (Å²) in [5, 5.41) is 9.42. The average Bonchev–Trinajstić information content (AvgIpc) is 2.46. The minimum absolute atomic E-state index is 0.364. The summed E-state index contributed by atoms with van der Waals surface area (Å²) in [7, 11) is 4.58. The topological polar surface area (TPSA) is 51.5 Å². The molecule has 0 N–H and O–H groups in total. The number of allylic oxidation sites excluding steroid dienone is 1. The number of methoxy groups -OCH3 is 3. The lowest BCUT2D eigenvalue weighted by atomic mass is 10.1. The maximum atomic E-state index is 9.06. The molecule has 4 nitrogen and oxygen atoms in total. The molecule has 102 valence electrons. The number of rotatable bonds is 5. The van der Waals surface area contributed by atoms with Crippen molar-refractivity contribution in [1.29, 1.82) is 5.26 Å². The van der Waals surface area contributed by atoms with E-state index >= 15 is 0 Å². The normalized spacial score (nSPS) is 11.4. The Morgan fingerprint density at radius 1 is 1.16 bits per heavy atom. The van der Waals surface area contributed by atoms with Crippen LogP contribution in [0.1, 0.15) is 18.9 Å². The molecular weight excluding hydrogens is 266 g/mol. The van der Waals surface area contributed by atoms with Crippen LogP contribution in [0.5, 0.6) is 17.2 Å². The molecule has 0 heterocycles. The third-order valence-electron chi connectivity index (χ3n) is 2.69. The predicted molar refractivity (Wildman–Crippen MR) is 74.8 cm³/mol. The highest BCUT2D eigenvalue weighted by Crippen LogP contribution is 2.44. The Morgan fingerprint density at radius 2 is 1.79 bits per heavy atom. The van der Waals surface area contributed by atoms with Crippen molar-refractivity contribution >= 4 is 16.6 Å². The van der Waals surface area contributed by atoms with Crippen LogP contribution in [0.2, 0.25) is 0 Å². The third-order valence-corrected chi connectivity index (χ3v) is 3.13. The molecule has 0 radical (unpaired) electrons. The molecule has 0 saturated heterocycles. The lowest BCUT2D eigenvalue weighted by Crippen LogP contribution is -1.98. The summed E-state index contributed by atoms with van der Waals surface area (Å²) in [6.45, 7) is 1.87. The first-order valence-electron chi connectivity index (χ1n) is 5.72. The minimum atomic E-state index is 0.364. The summed E-state index contributed by atoms with van der Waals surface area (Å²) < 4.78 is 15.8. The maximum Gasteiger partial charge on any atom is 0.203 e. The lowest BCUT2D eigenvalue weighted by molar-refractivity contribution is 0.324. The van der Waals surface area contributed by atoms with E-state index in [1.54, 1.807) is 19.2 Å². The molecule has 0 aromatic heterocycles. The van der Waals surface area contributed by atoms with Crippen LogP contribution in [0.15, 0.2) is 17.7 Å². The van der Waals surface area contributed by atoms with E-state index in [1.165, 1.54) is 14.2 Å². The van der Waals surface area contributed by atoms with Crippen LogP contribution in [0.4, 0.5) is 0 Å². The molecule has 0 aliphatic heterocycles. The monoisotopic (exact) mass is 281 g/mol. The molecule has 0 spiro atoms. The number of ether oxygens (including phenoxy) is 3. The molecule has 1 aromatic carbocycles. The van der Waals surface area contributed by atoms with E-state index in [0.717, 1.165) is 0 Å². The number of hydrogen-bond acceptors (Lipinski definition) is 4. The number of nitriles is 1. The second kappa shape index (κ2) is 6.91. The Hall–Kier alpha value is -1.86. The zero-order valence-corrected chi connectivity index (χ0v) is 12.2. The Balaban J connectivity index is 3.54. The zero-order chi connectivity index (χ0) is 14.4. The Morgan fingerprint density at radius 3 is 2.21 bits per heavy atom. The maximum absolute atomic E-state index is 9.06. The number of nitrogens with zero attached hydrogens (tertiary/aromatic N) is 1. The van der Waals surface area contributed by atoms with E-state index in [2.05, 4.69) is 6.07 Å². The second-order valence-electron chi connectivity index (χ2n) is 3.64. The molecule has 0 saturated carbocycles. The van der Waals surface area contributed by atoms with Crippen molar-refractivity contribution in [1.82, 2.24) is 0 Å². The number of halogens is 1. The van der Waals surface area contributed by atoms with E-state index in [4.69, 9.17) is 31.1 Å².